The number of rotatable bonds is 6. The highest BCUT2D eigenvalue weighted by Gasteiger charge is 2.21. The maximum Gasteiger partial charge on any atom is 0.326 e. The number of benzene rings is 1. The molecule has 0 aliphatic rings. The van der Waals surface area contributed by atoms with Crippen LogP contribution in [0.4, 0.5) is 0 Å². The Kier molecular flexibility index (Phi) is 4.17. The molecule has 0 bridgehead atoms. The molecular formula is C13H12N2O6. The Morgan fingerprint density at radius 2 is 2.05 bits per heavy atom. The van der Waals surface area contributed by atoms with Gasteiger partial charge < -0.3 is 19.9 Å². The summed E-state index contributed by atoms with van der Waals surface area (Å²) in [6.07, 6.45) is 0.696. The van der Waals surface area contributed by atoms with Gasteiger partial charge in [-0.05, 0) is 24.6 Å². The van der Waals surface area contributed by atoms with E-state index in [0.29, 0.717) is 11.1 Å². The maximum absolute atomic E-state index is 12.0. The van der Waals surface area contributed by atoms with Crippen LogP contribution in [-0.2, 0) is 9.59 Å². The molecule has 8 heteroatoms. The van der Waals surface area contributed by atoms with E-state index in [0.717, 1.165) is 0 Å². The Morgan fingerprint density at radius 3 is 2.71 bits per heavy atom. The van der Waals surface area contributed by atoms with Gasteiger partial charge in [-0.15, -0.1) is 0 Å². The molecule has 1 aromatic heterocycles. The van der Waals surface area contributed by atoms with Crippen molar-refractivity contribution < 1.29 is 29.0 Å². The van der Waals surface area contributed by atoms with E-state index in [1.807, 2.05) is 0 Å². The van der Waals surface area contributed by atoms with Crippen molar-refractivity contribution in [3.63, 3.8) is 0 Å². The quantitative estimate of drug-likeness (QED) is 0.720. The van der Waals surface area contributed by atoms with Crippen molar-refractivity contribution in [2.75, 3.05) is 0 Å². The van der Waals surface area contributed by atoms with Crippen molar-refractivity contribution >= 4 is 28.9 Å². The fourth-order valence-corrected chi connectivity index (χ4v) is 1.77. The predicted octanol–water partition coefficient (Wildman–Crippen LogP) is 0.876. The molecule has 0 saturated carbocycles. The summed E-state index contributed by atoms with van der Waals surface area (Å²) < 4.78 is 5.03. The lowest BCUT2D eigenvalue weighted by Crippen LogP contribution is -2.41. The fraction of sp³-hybridized carbons (Fsp3) is 0.231. The summed E-state index contributed by atoms with van der Waals surface area (Å²) in [5.74, 6) is -3.02. The van der Waals surface area contributed by atoms with Crippen LogP contribution in [0.3, 0.4) is 0 Å². The molecule has 2 rings (SSSR count). The largest absolute Gasteiger partial charge is 0.481 e. The van der Waals surface area contributed by atoms with Gasteiger partial charge in [0.15, 0.2) is 12.0 Å². The third-order valence-electron chi connectivity index (χ3n) is 2.84. The molecule has 3 N–H and O–H groups in total. The summed E-state index contributed by atoms with van der Waals surface area (Å²) in [5, 5.41) is 19.8. The van der Waals surface area contributed by atoms with E-state index < -0.39 is 23.9 Å². The van der Waals surface area contributed by atoms with E-state index in [4.69, 9.17) is 14.6 Å². The Hall–Kier alpha value is -2.90. The summed E-state index contributed by atoms with van der Waals surface area (Å²) in [6, 6.07) is 3.22. The highest BCUT2D eigenvalue weighted by Crippen LogP contribution is 2.14. The van der Waals surface area contributed by atoms with E-state index in [9.17, 15) is 14.4 Å². The minimum absolute atomic E-state index is 0.192. The zero-order chi connectivity index (χ0) is 15.4. The van der Waals surface area contributed by atoms with E-state index in [1.54, 1.807) is 6.07 Å². The predicted molar refractivity (Wildman–Crippen MR) is 69.8 cm³/mol. The number of aromatic nitrogens is 1. The highest BCUT2D eigenvalue weighted by atomic mass is 16.4. The number of nitrogens with zero attached hydrogens (tertiary/aromatic N) is 1. The average molecular weight is 292 g/mol. The van der Waals surface area contributed by atoms with Crippen LogP contribution in [0.1, 0.15) is 23.2 Å². The van der Waals surface area contributed by atoms with Crippen molar-refractivity contribution in [3.8, 4) is 0 Å². The molecule has 0 saturated heterocycles. The van der Waals surface area contributed by atoms with Gasteiger partial charge in [0, 0.05) is 12.0 Å². The Labute approximate surface area is 118 Å². The zero-order valence-corrected chi connectivity index (χ0v) is 10.8. The minimum atomic E-state index is -1.29. The number of fused-ring (bicyclic) bond motifs is 1. The van der Waals surface area contributed by atoms with Gasteiger partial charge in [-0.2, -0.15) is 0 Å². The van der Waals surface area contributed by atoms with Crippen molar-refractivity contribution in [1.82, 2.24) is 10.3 Å². The van der Waals surface area contributed by atoms with Crippen LogP contribution >= 0.6 is 0 Å². The fourth-order valence-electron chi connectivity index (χ4n) is 1.77. The van der Waals surface area contributed by atoms with Crippen LogP contribution in [0.15, 0.2) is 29.0 Å². The van der Waals surface area contributed by atoms with Gasteiger partial charge in [0.25, 0.3) is 5.91 Å². The summed E-state index contributed by atoms with van der Waals surface area (Å²) in [5.41, 5.74) is 1.20. The maximum atomic E-state index is 12.0. The molecule has 0 aliphatic carbocycles. The van der Waals surface area contributed by atoms with Gasteiger partial charge in [-0.1, -0.05) is 0 Å². The van der Waals surface area contributed by atoms with E-state index >= 15 is 0 Å². The number of aliphatic carboxylic acids is 2. The second-order valence-electron chi connectivity index (χ2n) is 4.33. The topological polar surface area (TPSA) is 130 Å². The molecule has 21 heavy (non-hydrogen) atoms. The molecule has 2 aromatic rings. The first-order valence-corrected chi connectivity index (χ1v) is 6.06. The average Bonchev–Trinajstić information content (AvgIpc) is 2.89. The number of carbonyl (C=O) groups is 3. The van der Waals surface area contributed by atoms with Crippen LogP contribution in [0.25, 0.3) is 11.1 Å². The molecule has 0 aliphatic heterocycles. The molecule has 1 atom stereocenters. The highest BCUT2D eigenvalue weighted by molar-refractivity contribution is 5.98. The third-order valence-corrected chi connectivity index (χ3v) is 2.84. The number of carboxylic acid groups (broad SMARTS) is 2. The number of hydrogen-bond donors (Lipinski definition) is 3. The van der Waals surface area contributed by atoms with Crippen LogP contribution in [-0.4, -0.2) is 39.1 Å². The molecule has 0 fully saturated rings. The normalized spacial score (nSPS) is 12.0. The summed E-state index contributed by atoms with van der Waals surface area (Å²) in [7, 11) is 0. The number of oxazole rings is 1. The first-order chi connectivity index (χ1) is 9.97. The second-order valence-corrected chi connectivity index (χ2v) is 4.33. The number of carboxylic acids is 2. The van der Waals surface area contributed by atoms with Crippen molar-refractivity contribution in [2.45, 2.75) is 18.9 Å². The summed E-state index contributed by atoms with van der Waals surface area (Å²) in [6.45, 7) is 0. The van der Waals surface area contributed by atoms with Gasteiger partial charge in [-0.25, -0.2) is 9.78 Å². The molecule has 1 heterocycles. The molecular weight excluding hydrogens is 280 g/mol. The monoisotopic (exact) mass is 292 g/mol. The zero-order valence-electron chi connectivity index (χ0n) is 10.8. The Bertz CT molecular complexity index is 693. The first kappa shape index (κ1) is 14.5. The molecule has 1 amide bonds. The van der Waals surface area contributed by atoms with Gasteiger partial charge in [-0.3, -0.25) is 9.59 Å². The molecule has 110 valence electrons. The lowest BCUT2D eigenvalue weighted by Gasteiger charge is -2.13. The Morgan fingerprint density at radius 1 is 1.29 bits per heavy atom. The molecule has 1 aromatic carbocycles. The first-order valence-electron chi connectivity index (χ1n) is 6.06. The van der Waals surface area contributed by atoms with Crippen LogP contribution < -0.4 is 5.32 Å². The SMILES string of the molecule is O=C(O)CC[C@H](NC(=O)c1ccc2ocnc2c1)C(=O)O. The minimum Gasteiger partial charge on any atom is -0.481 e. The van der Waals surface area contributed by atoms with Gasteiger partial charge in [0.2, 0.25) is 0 Å². The lowest BCUT2D eigenvalue weighted by molar-refractivity contribution is -0.140. The van der Waals surface area contributed by atoms with Crippen LogP contribution in [0.2, 0.25) is 0 Å². The van der Waals surface area contributed by atoms with E-state index in [-0.39, 0.29) is 18.4 Å². The lowest BCUT2D eigenvalue weighted by atomic mass is 10.1. The van der Waals surface area contributed by atoms with Gasteiger partial charge >= 0.3 is 11.9 Å². The number of nitrogens with one attached hydrogen (secondary N) is 1. The van der Waals surface area contributed by atoms with Crippen LogP contribution in [0, 0.1) is 0 Å². The van der Waals surface area contributed by atoms with Gasteiger partial charge in [0.05, 0.1) is 0 Å². The van der Waals surface area contributed by atoms with E-state index in [2.05, 4.69) is 10.3 Å². The third kappa shape index (κ3) is 3.56. The molecule has 0 radical (unpaired) electrons. The number of carbonyl (C=O) groups excluding carboxylic acids is 1. The Balaban J connectivity index is 2.10. The van der Waals surface area contributed by atoms with Crippen LogP contribution in [0.5, 0.6) is 0 Å². The van der Waals surface area contributed by atoms with E-state index in [1.165, 1.54) is 18.5 Å². The smallest absolute Gasteiger partial charge is 0.326 e. The summed E-state index contributed by atoms with van der Waals surface area (Å²) >= 11 is 0. The van der Waals surface area contributed by atoms with Crippen molar-refractivity contribution in [3.05, 3.63) is 30.2 Å². The molecule has 0 spiro atoms. The number of amides is 1. The standard InChI is InChI=1S/C13H12N2O6/c16-11(17)4-2-8(13(19)20)15-12(18)7-1-3-10-9(5-7)14-6-21-10/h1,3,5-6,8H,2,4H2,(H,15,18)(H,16,17)(H,19,20)/t8-/m0/s1. The van der Waals surface area contributed by atoms with Crippen molar-refractivity contribution in [1.29, 1.82) is 0 Å². The second kappa shape index (κ2) is 6.04. The summed E-state index contributed by atoms with van der Waals surface area (Å²) in [4.78, 5) is 37.4. The molecule has 8 nitrogen and oxygen atoms in total. The molecule has 0 unspecified atom stereocenters. The van der Waals surface area contributed by atoms with Gasteiger partial charge in [0.1, 0.15) is 11.6 Å². The number of hydrogen-bond acceptors (Lipinski definition) is 5. The van der Waals surface area contributed by atoms with Crippen molar-refractivity contribution in [2.24, 2.45) is 0 Å².